The number of nitrogens with two attached hydrogens (primary N) is 1. The molecule has 2 nitrogen and oxygen atoms in total. The summed E-state index contributed by atoms with van der Waals surface area (Å²) in [6.07, 6.45) is 3.46. The predicted octanol–water partition coefficient (Wildman–Crippen LogP) is 3.16. The van der Waals surface area contributed by atoms with E-state index < -0.39 is 0 Å². The zero-order chi connectivity index (χ0) is 14.4. The normalized spacial score (nSPS) is 23.4. The average molecular weight is 292 g/mol. The summed E-state index contributed by atoms with van der Waals surface area (Å²) in [6.45, 7) is 7.71. The SMILES string of the molecule is CCC1CN(C(CC)(CN)Cc2ccccc2)CCS1. The first-order chi connectivity index (χ1) is 9.74. The highest BCUT2D eigenvalue weighted by Crippen LogP contribution is 2.30. The second-order valence-corrected chi connectivity index (χ2v) is 7.20. The quantitative estimate of drug-likeness (QED) is 0.873. The summed E-state index contributed by atoms with van der Waals surface area (Å²) in [6, 6.07) is 10.8. The van der Waals surface area contributed by atoms with Gasteiger partial charge < -0.3 is 5.73 Å². The minimum absolute atomic E-state index is 0.135. The molecule has 1 aromatic carbocycles. The molecule has 1 aliphatic rings. The molecule has 2 N–H and O–H groups in total. The van der Waals surface area contributed by atoms with Crippen molar-refractivity contribution in [1.82, 2.24) is 4.90 Å². The highest BCUT2D eigenvalue weighted by atomic mass is 32.2. The minimum atomic E-state index is 0.135. The van der Waals surface area contributed by atoms with Crippen molar-refractivity contribution in [2.75, 3.05) is 25.4 Å². The van der Waals surface area contributed by atoms with Crippen LogP contribution in [0.15, 0.2) is 30.3 Å². The van der Waals surface area contributed by atoms with Gasteiger partial charge in [-0.25, -0.2) is 0 Å². The third kappa shape index (κ3) is 3.57. The van der Waals surface area contributed by atoms with Gasteiger partial charge in [0.2, 0.25) is 0 Å². The molecule has 1 aromatic rings. The summed E-state index contributed by atoms with van der Waals surface area (Å²) in [5.41, 5.74) is 7.78. The van der Waals surface area contributed by atoms with Gasteiger partial charge in [0, 0.05) is 36.2 Å². The van der Waals surface area contributed by atoms with Crippen molar-refractivity contribution in [3.63, 3.8) is 0 Å². The number of nitrogens with zero attached hydrogens (tertiary/aromatic N) is 1. The van der Waals surface area contributed by atoms with Crippen molar-refractivity contribution in [3.8, 4) is 0 Å². The van der Waals surface area contributed by atoms with Crippen molar-refractivity contribution < 1.29 is 0 Å². The molecule has 0 radical (unpaired) electrons. The zero-order valence-corrected chi connectivity index (χ0v) is 13.7. The van der Waals surface area contributed by atoms with E-state index in [1.807, 2.05) is 0 Å². The molecule has 1 fully saturated rings. The number of thioether (sulfide) groups is 1. The summed E-state index contributed by atoms with van der Waals surface area (Å²) < 4.78 is 0. The van der Waals surface area contributed by atoms with Gasteiger partial charge in [0.25, 0.3) is 0 Å². The molecular formula is C17H28N2S. The summed E-state index contributed by atoms with van der Waals surface area (Å²) in [5, 5.41) is 0.775. The van der Waals surface area contributed by atoms with Crippen molar-refractivity contribution in [3.05, 3.63) is 35.9 Å². The van der Waals surface area contributed by atoms with Gasteiger partial charge in [0.1, 0.15) is 0 Å². The van der Waals surface area contributed by atoms with Crippen molar-refractivity contribution in [1.29, 1.82) is 0 Å². The van der Waals surface area contributed by atoms with Crippen LogP contribution in [0, 0.1) is 0 Å². The van der Waals surface area contributed by atoms with Gasteiger partial charge in [-0.1, -0.05) is 44.2 Å². The second-order valence-electron chi connectivity index (χ2n) is 5.79. The molecule has 0 bridgehead atoms. The Morgan fingerprint density at radius 1 is 1.30 bits per heavy atom. The number of hydrogen-bond acceptors (Lipinski definition) is 3. The van der Waals surface area contributed by atoms with Gasteiger partial charge in [-0.05, 0) is 24.8 Å². The lowest BCUT2D eigenvalue weighted by Gasteiger charge is -2.47. The maximum absolute atomic E-state index is 6.24. The Kier molecular flexibility index (Phi) is 5.94. The summed E-state index contributed by atoms with van der Waals surface area (Å²) in [5.74, 6) is 1.25. The minimum Gasteiger partial charge on any atom is -0.329 e. The van der Waals surface area contributed by atoms with Crippen molar-refractivity contribution in [2.45, 2.75) is 43.9 Å². The predicted molar refractivity (Wildman–Crippen MR) is 90.3 cm³/mol. The molecule has 1 aliphatic heterocycles. The highest BCUT2D eigenvalue weighted by molar-refractivity contribution is 8.00. The summed E-state index contributed by atoms with van der Waals surface area (Å²) >= 11 is 2.13. The Hall–Kier alpha value is -0.510. The molecule has 0 amide bonds. The van der Waals surface area contributed by atoms with E-state index in [0.717, 1.165) is 24.6 Å². The fourth-order valence-corrected chi connectivity index (χ4v) is 4.36. The Balaban J connectivity index is 2.15. The molecule has 2 rings (SSSR count). The molecule has 2 unspecified atom stereocenters. The zero-order valence-electron chi connectivity index (χ0n) is 12.8. The van der Waals surface area contributed by atoms with E-state index in [4.69, 9.17) is 5.73 Å². The first-order valence-electron chi connectivity index (χ1n) is 7.84. The van der Waals surface area contributed by atoms with Gasteiger partial charge in [-0.15, -0.1) is 0 Å². The van der Waals surface area contributed by atoms with E-state index in [9.17, 15) is 0 Å². The molecule has 0 spiro atoms. The Labute approximate surface area is 128 Å². The molecule has 112 valence electrons. The number of benzene rings is 1. The van der Waals surface area contributed by atoms with Crippen LogP contribution in [0.4, 0.5) is 0 Å². The van der Waals surface area contributed by atoms with Gasteiger partial charge >= 0.3 is 0 Å². The van der Waals surface area contributed by atoms with Crippen molar-refractivity contribution in [2.24, 2.45) is 5.73 Å². The van der Waals surface area contributed by atoms with Crippen LogP contribution < -0.4 is 5.73 Å². The van der Waals surface area contributed by atoms with Crippen LogP contribution in [-0.2, 0) is 6.42 Å². The van der Waals surface area contributed by atoms with Gasteiger partial charge in [0.15, 0.2) is 0 Å². The smallest absolute Gasteiger partial charge is 0.0370 e. The Morgan fingerprint density at radius 2 is 2.05 bits per heavy atom. The fraction of sp³-hybridized carbons (Fsp3) is 0.647. The summed E-state index contributed by atoms with van der Waals surface area (Å²) in [4.78, 5) is 2.67. The van der Waals surface area contributed by atoms with Crippen LogP contribution in [0.2, 0.25) is 0 Å². The molecule has 2 atom stereocenters. The first-order valence-corrected chi connectivity index (χ1v) is 8.89. The maximum Gasteiger partial charge on any atom is 0.0370 e. The number of rotatable bonds is 6. The van der Waals surface area contributed by atoms with E-state index >= 15 is 0 Å². The van der Waals surface area contributed by atoms with Crippen LogP contribution in [0.1, 0.15) is 32.3 Å². The van der Waals surface area contributed by atoms with Crippen LogP contribution in [0.3, 0.4) is 0 Å². The topological polar surface area (TPSA) is 29.3 Å². The van der Waals surface area contributed by atoms with E-state index in [1.54, 1.807) is 0 Å². The lowest BCUT2D eigenvalue weighted by Crippen LogP contribution is -2.58. The van der Waals surface area contributed by atoms with Gasteiger partial charge in [-0.3, -0.25) is 4.90 Å². The van der Waals surface area contributed by atoms with Gasteiger partial charge in [-0.2, -0.15) is 11.8 Å². The van der Waals surface area contributed by atoms with Crippen LogP contribution in [-0.4, -0.2) is 41.1 Å². The lowest BCUT2D eigenvalue weighted by atomic mass is 9.86. The van der Waals surface area contributed by atoms with E-state index in [2.05, 4.69) is 60.8 Å². The molecule has 0 aromatic heterocycles. The molecule has 1 saturated heterocycles. The lowest BCUT2D eigenvalue weighted by molar-refractivity contribution is 0.0922. The second kappa shape index (κ2) is 7.48. The number of hydrogen-bond donors (Lipinski definition) is 1. The molecule has 20 heavy (non-hydrogen) atoms. The molecular weight excluding hydrogens is 264 g/mol. The molecule has 3 heteroatoms. The highest BCUT2D eigenvalue weighted by Gasteiger charge is 2.36. The van der Waals surface area contributed by atoms with Crippen LogP contribution in [0.5, 0.6) is 0 Å². The molecule has 0 saturated carbocycles. The monoisotopic (exact) mass is 292 g/mol. The Morgan fingerprint density at radius 3 is 2.65 bits per heavy atom. The van der Waals surface area contributed by atoms with E-state index in [-0.39, 0.29) is 5.54 Å². The van der Waals surface area contributed by atoms with Crippen molar-refractivity contribution >= 4 is 11.8 Å². The average Bonchev–Trinajstić information content (AvgIpc) is 2.54. The Bertz CT molecular complexity index is 389. The third-order valence-corrected chi connectivity index (χ3v) is 6.05. The summed E-state index contributed by atoms with van der Waals surface area (Å²) in [7, 11) is 0. The van der Waals surface area contributed by atoms with E-state index in [0.29, 0.717) is 0 Å². The molecule has 0 aliphatic carbocycles. The largest absolute Gasteiger partial charge is 0.329 e. The van der Waals surface area contributed by atoms with Gasteiger partial charge in [0.05, 0.1) is 0 Å². The van der Waals surface area contributed by atoms with E-state index in [1.165, 1.54) is 30.8 Å². The maximum atomic E-state index is 6.24. The third-order valence-electron chi connectivity index (χ3n) is 4.68. The van der Waals surface area contributed by atoms with Crippen LogP contribution >= 0.6 is 11.8 Å². The standard InChI is InChI=1S/C17H28N2S/c1-3-16-13-19(10-11-20-16)17(4-2,14-18)12-15-8-6-5-7-9-15/h5-9,16H,3-4,10-14,18H2,1-2H3. The first kappa shape index (κ1) is 15.9. The molecule has 1 heterocycles. The fourth-order valence-electron chi connectivity index (χ4n) is 3.18. The van der Waals surface area contributed by atoms with Crippen LogP contribution in [0.25, 0.3) is 0 Å².